The van der Waals surface area contributed by atoms with Gasteiger partial charge in [0.05, 0.1) is 4.92 Å². The second kappa shape index (κ2) is 5.95. The van der Waals surface area contributed by atoms with Crippen molar-refractivity contribution in [2.24, 2.45) is 5.73 Å². The Bertz CT molecular complexity index is 584. The standard InChI is InChI=1S/C14H13BrN2O2/c15-12-3-1-2-11(9-12)14(16)8-10-4-6-13(7-5-10)17(18)19/h1-7,9,14H,8,16H2. The lowest BCUT2D eigenvalue weighted by atomic mass is 10.00. The first-order valence-electron chi connectivity index (χ1n) is 5.80. The van der Waals surface area contributed by atoms with Crippen molar-refractivity contribution in [2.75, 3.05) is 0 Å². The smallest absolute Gasteiger partial charge is 0.269 e. The number of nitrogens with zero attached hydrogens (tertiary/aromatic N) is 1. The van der Waals surface area contributed by atoms with E-state index in [1.165, 1.54) is 12.1 Å². The van der Waals surface area contributed by atoms with E-state index >= 15 is 0 Å². The summed E-state index contributed by atoms with van der Waals surface area (Å²) >= 11 is 3.41. The lowest BCUT2D eigenvalue weighted by Gasteiger charge is -2.12. The van der Waals surface area contributed by atoms with Crippen LogP contribution in [0.4, 0.5) is 5.69 Å². The van der Waals surface area contributed by atoms with Gasteiger partial charge in [0.1, 0.15) is 0 Å². The number of non-ortho nitro benzene ring substituents is 1. The molecule has 2 rings (SSSR count). The van der Waals surface area contributed by atoms with Crippen LogP contribution < -0.4 is 5.73 Å². The van der Waals surface area contributed by atoms with E-state index in [9.17, 15) is 10.1 Å². The van der Waals surface area contributed by atoms with Crippen LogP contribution in [-0.4, -0.2) is 4.92 Å². The molecule has 5 heteroatoms. The fraction of sp³-hybridized carbons (Fsp3) is 0.143. The van der Waals surface area contributed by atoms with Crippen molar-refractivity contribution in [3.05, 3.63) is 74.2 Å². The zero-order chi connectivity index (χ0) is 13.8. The summed E-state index contributed by atoms with van der Waals surface area (Å²) in [4.78, 5) is 10.2. The average molecular weight is 321 g/mol. The Morgan fingerprint density at radius 3 is 2.47 bits per heavy atom. The maximum atomic E-state index is 10.6. The Hall–Kier alpha value is -1.72. The average Bonchev–Trinajstić information content (AvgIpc) is 2.39. The topological polar surface area (TPSA) is 69.2 Å². The fourth-order valence-corrected chi connectivity index (χ4v) is 2.28. The molecule has 0 aliphatic carbocycles. The molecule has 0 heterocycles. The number of hydrogen-bond acceptors (Lipinski definition) is 3. The van der Waals surface area contributed by atoms with E-state index in [4.69, 9.17) is 5.73 Å². The van der Waals surface area contributed by atoms with Crippen LogP contribution in [0.15, 0.2) is 53.0 Å². The van der Waals surface area contributed by atoms with Gasteiger partial charge in [-0.2, -0.15) is 0 Å². The van der Waals surface area contributed by atoms with Gasteiger partial charge < -0.3 is 5.73 Å². The number of halogens is 1. The van der Waals surface area contributed by atoms with Gasteiger partial charge >= 0.3 is 0 Å². The molecule has 0 saturated carbocycles. The molecule has 0 saturated heterocycles. The highest BCUT2D eigenvalue weighted by Crippen LogP contribution is 2.21. The molecular weight excluding hydrogens is 308 g/mol. The minimum atomic E-state index is -0.405. The number of nitro groups is 1. The third-order valence-corrected chi connectivity index (χ3v) is 3.37. The molecule has 0 spiro atoms. The molecule has 2 aromatic rings. The van der Waals surface area contributed by atoms with E-state index in [2.05, 4.69) is 15.9 Å². The Morgan fingerprint density at radius 2 is 1.89 bits per heavy atom. The minimum absolute atomic E-state index is 0.0970. The van der Waals surface area contributed by atoms with E-state index in [-0.39, 0.29) is 11.7 Å². The summed E-state index contributed by atoms with van der Waals surface area (Å²) in [6, 6.07) is 14.2. The van der Waals surface area contributed by atoms with Gasteiger partial charge in [0.25, 0.3) is 5.69 Å². The van der Waals surface area contributed by atoms with Crippen LogP contribution in [0, 0.1) is 10.1 Å². The molecule has 0 bridgehead atoms. The van der Waals surface area contributed by atoms with E-state index in [1.807, 2.05) is 24.3 Å². The third-order valence-electron chi connectivity index (χ3n) is 2.88. The summed E-state index contributed by atoms with van der Waals surface area (Å²) in [5.41, 5.74) is 8.26. The largest absolute Gasteiger partial charge is 0.324 e. The van der Waals surface area contributed by atoms with Crippen molar-refractivity contribution in [3.8, 4) is 0 Å². The first kappa shape index (κ1) is 13.7. The summed E-state index contributed by atoms with van der Waals surface area (Å²) < 4.78 is 0.990. The number of benzene rings is 2. The fourth-order valence-electron chi connectivity index (χ4n) is 1.86. The highest BCUT2D eigenvalue weighted by molar-refractivity contribution is 9.10. The van der Waals surface area contributed by atoms with Crippen LogP contribution in [0.2, 0.25) is 0 Å². The Kier molecular flexibility index (Phi) is 4.29. The Labute approximate surface area is 119 Å². The Balaban J connectivity index is 2.10. The van der Waals surface area contributed by atoms with E-state index in [0.29, 0.717) is 6.42 Å². The molecule has 19 heavy (non-hydrogen) atoms. The van der Waals surface area contributed by atoms with E-state index in [0.717, 1.165) is 15.6 Å². The van der Waals surface area contributed by atoms with Crippen molar-refractivity contribution in [2.45, 2.75) is 12.5 Å². The van der Waals surface area contributed by atoms with Crippen LogP contribution in [0.25, 0.3) is 0 Å². The van der Waals surface area contributed by atoms with Crippen molar-refractivity contribution in [1.29, 1.82) is 0 Å². The molecule has 2 N–H and O–H groups in total. The minimum Gasteiger partial charge on any atom is -0.324 e. The van der Waals surface area contributed by atoms with E-state index in [1.54, 1.807) is 12.1 Å². The van der Waals surface area contributed by atoms with Crippen LogP contribution in [0.3, 0.4) is 0 Å². The highest BCUT2D eigenvalue weighted by Gasteiger charge is 2.09. The van der Waals surface area contributed by atoms with Gasteiger partial charge in [-0.25, -0.2) is 0 Å². The Morgan fingerprint density at radius 1 is 1.21 bits per heavy atom. The van der Waals surface area contributed by atoms with Gasteiger partial charge in [-0.15, -0.1) is 0 Å². The normalized spacial score (nSPS) is 12.1. The highest BCUT2D eigenvalue weighted by atomic mass is 79.9. The van der Waals surface area contributed by atoms with Crippen LogP contribution >= 0.6 is 15.9 Å². The zero-order valence-electron chi connectivity index (χ0n) is 10.1. The first-order valence-corrected chi connectivity index (χ1v) is 6.60. The van der Waals surface area contributed by atoms with Crippen molar-refractivity contribution in [1.82, 2.24) is 0 Å². The number of hydrogen-bond donors (Lipinski definition) is 1. The van der Waals surface area contributed by atoms with Gasteiger partial charge in [0.15, 0.2) is 0 Å². The molecule has 0 amide bonds. The molecule has 98 valence electrons. The van der Waals surface area contributed by atoms with Crippen LogP contribution in [0.5, 0.6) is 0 Å². The number of nitro benzene ring substituents is 1. The maximum absolute atomic E-state index is 10.6. The summed E-state index contributed by atoms with van der Waals surface area (Å²) in [7, 11) is 0. The molecular formula is C14H13BrN2O2. The molecule has 0 aliphatic heterocycles. The number of nitrogens with two attached hydrogens (primary N) is 1. The summed E-state index contributed by atoms with van der Waals surface area (Å²) in [5, 5.41) is 10.6. The SMILES string of the molecule is NC(Cc1ccc([N+](=O)[O-])cc1)c1cccc(Br)c1. The summed E-state index contributed by atoms with van der Waals surface area (Å²) in [6.07, 6.45) is 0.647. The molecule has 2 aromatic carbocycles. The lowest BCUT2D eigenvalue weighted by molar-refractivity contribution is -0.384. The van der Waals surface area contributed by atoms with Crippen LogP contribution in [-0.2, 0) is 6.42 Å². The second-order valence-corrected chi connectivity index (χ2v) is 5.20. The van der Waals surface area contributed by atoms with Gasteiger partial charge in [0, 0.05) is 22.6 Å². The van der Waals surface area contributed by atoms with Gasteiger partial charge in [-0.1, -0.05) is 40.2 Å². The predicted molar refractivity (Wildman–Crippen MR) is 77.9 cm³/mol. The third kappa shape index (κ3) is 3.62. The second-order valence-electron chi connectivity index (χ2n) is 4.29. The van der Waals surface area contributed by atoms with Crippen molar-refractivity contribution in [3.63, 3.8) is 0 Å². The van der Waals surface area contributed by atoms with Crippen LogP contribution in [0.1, 0.15) is 17.2 Å². The maximum Gasteiger partial charge on any atom is 0.269 e. The molecule has 4 nitrogen and oxygen atoms in total. The lowest BCUT2D eigenvalue weighted by Crippen LogP contribution is -2.13. The predicted octanol–water partition coefficient (Wildman–Crippen LogP) is 3.60. The van der Waals surface area contributed by atoms with E-state index < -0.39 is 4.92 Å². The molecule has 1 unspecified atom stereocenters. The monoisotopic (exact) mass is 320 g/mol. The van der Waals surface area contributed by atoms with Gasteiger partial charge in [-0.3, -0.25) is 10.1 Å². The summed E-state index contributed by atoms with van der Waals surface area (Å²) in [6.45, 7) is 0. The van der Waals surface area contributed by atoms with Gasteiger partial charge in [-0.05, 0) is 29.7 Å². The number of rotatable bonds is 4. The molecule has 0 aromatic heterocycles. The molecule has 1 atom stereocenters. The summed E-state index contributed by atoms with van der Waals surface area (Å²) in [5.74, 6) is 0. The molecule has 0 fully saturated rings. The van der Waals surface area contributed by atoms with Crippen molar-refractivity contribution < 1.29 is 4.92 Å². The quantitative estimate of drug-likeness (QED) is 0.691. The zero-order valence-corrected chi connectivity index (χ0v) is 11.7. The molecule has 0 radical (unpaired) electrons. The molecule has 0 aliphatic rings. The van der Waals surface area contributed by atoms with Gasteiger partial charge in [0.2, 0.25) is 0 Å². The first-order chi connectivity index (χ1) is 9.06. The van der Waals surface area contributed by atoms with Crippen molar-refractivity contribution >= 4 is 21.6 Å².